The first kappa shape index (κ1) is 21.3. The molecular formula is C23H19N3O5. The van der Waals surface area contributed by atoms with Gasteiger partial charge >= 0.3 is 0 Å². The third-order valence-corrected chi connectivity index (χ3v) is 4.14. The van der Waals surface area contributed by atoms with Crippen molar-refractivity contribution >= 4 is 17.3 Å². The number of nitro benzene ring substituents is 1. The molecule has 0 aliphatic heterocycles. The zero-order valence-corrected chi connectivity index (χ0v) is 16.9. The maximum absolute atomic E-state index is 12.8. The van der Waals surface area contributed by atoms with Crippen LogP contribution in [0.15, 0.2) is 60.8 Å². The van der Waals surface area contributed by atoms with E-state index in [0.717, 1.165) is 0 Å². The van der Waals surface area contributed by atoms with E-state index in [1.165, 1.54) is 19.2 Å². The van der Waals surface area contributed by atoms with Crippen molar-refractivity contribution in [1.29, 1.82) is 0 Å². The number of carbonyl (C=O) groups is 1. The van der Waals surface area contributed by atoms with Crippen molar-refractivity contribution in [2.75, 3.05) is 19.0 Å². The van der Waals surface area contributed by atoms with Gasteiger partial charge in [-0.3, -0.25) is 14.9 Å². The van der Waals surface area contributed by atoms with Gasteiger partial charge in [0, 0.05) is 23.5 Å². The first-order valence-corrected chi connectivity index (χ1v) is 9.35. The van der Waals surface area contributed by atoms with E-state index in [1.54, 1.807) is 49.5 Å². The molecule has 3 rings (SSSR count). The molecule has 0 radical (unpaired) electrons. The summed E-state index contributed by atoms with van der Waals surface area (Å²) in [6.07, 6.45) is 1.65. The molecule has 1 heterocycles. The van der Waals surface area contributed by atoms with Gasteiger partial charge in [0.05, 0.1) is 24.7 Å². The molecule has 0 unspecified atom stereocenters. The topological polar surface area (TPSA) is 104 Å². The van der Waals surface area contributed by atoms with Gasteiger partial charge in [-0.05, 0) is 43.2 Å². The minimum atomic E-state index is -0.650. The van der Waals surface area contributed by atoms with Crippen molar-refractivity contribution in [3.63, 3.8) is 0 Å². The third kappa shape index (κ3) is 5.36. The van der Waals surface area contributed by atoms with Gasteiger partial charge in [0.2, 0.25) is 0 Å². The van der Waals surface area contributed by atoms with Crippen LogP contribution in [0.1, 0.15) is 28.5 Å². The standard InChI is InChI=1S/C23H19N3O5/c1-3-31-22-15-20(26(28)29)19(14-21(22)30-2)23(27)25-18-9-6-7-16(13-18)10-11-17-8-4-5-12-24-17/h4-9,12-15H,3H2,1-2H3,(H,25,27). The fourth-order valence-electron chi connectivity index (χ4n) is 2.76. The summed E-state index contributed by atoms with van der Waals surface area (Å²) in [4.78, 5) is 27.8. The Morgan fingerprint density at radius 1 is 1.13 bits per heavy atom. The van der Waals surface area contributed by atoms with E-state index in [2.05, 4.69) is 22.1 Å². The molecule has 0 saturated carbocycles. The molecule has 0 fully saturated rings. The molecular weight excluding hydrogens is 398 g/mol. The van der Waals surface area contributed by atoms with E-state index in [0.29, 0.717) is 23.6 Å². The molecule has 0 bridgehead atoms. The molecule has 0 saturated heterocycles. The molecule has 1 aromatic heterocycles. The fraction of sp³-hybridized carbons (Fsp3) is 0.130. The van der Waals surface area contributed by atoms with E-state index in [4.69, 9.17) is 9.47 Å². The molecule has 3 aromatic rings. The Morgan fingerprint density at radius 2 is 1.97 bits per heavy atom. The average Bonchev–Trinajstić information content (AvgIpc) is 2.78. The Kier molecular flexibility index (Phi) is 6.81. The van der Waals surface area contributed by atoms with E-state index in [9.17, 15) is 14.9 Å². The lowest BCUT2D eigenvalue weighted by molar-refractivity contribution is -0.385. The van der Waals surface area contributed by atoms with Crippen LogP contribution in [-0.4, -0.2) is 29.5 Å². The Labute approximate surface area is 179 Å². The number of benzene rings is 2. The number of amides is 1. The van der Waals surface area contributed by atoms with Crippen molar-refractivity contribution < 1.29 is 19.2 Å². The van der Waals surface area contributed by atoms with Crippen molar-refractivity contribution in [1.82, 2.24) is 4.98 Å². The second-order valence-corrected chi connectivity index (χ2v) is 6.21. The van der Waals surface area contributed by atoms with E-state index >= 15 is 0 Å². The summed E-state index contributed by atoms with van der Waals surface area (Å²) in [5.41, 5.74) is 1.19. The number of hydrogen-bond acceptors (Lipinski definition) is 6. The molecule has 1 N–H and O–H groups in total. The lowest BCUT2D eigenvalue weighted by Crippen LogP contribution is -2.14. The first-order valence-electron chi connectivity index (χ1n) is 9.35. The first-order chi connectivity index (χ1) is 15.0. The van der Waals surface area contributed by atoms with Gasteiger partial charge in [0.15, 0.2) is 11.5 Å². The van der Waals surface area contributed by atoms with Crippen LogP contribution < -0.4 is 14.8 Å². The van der Waals surface area contributed by atoms with Gasteiger partial charge in [0.25, 0.3) is 11.6 Å². The monoisotopic (exact) mass is 417 g/mol. The van der Waals surface area contributed by atoms with Crippen LogP contribution in [-0.2, 0) is 0 Å². The van der Waals surface area contributed by atoms with Gasteiger partial charge in [0.1, 0.15) is 11.3 Å². The Hall–Kier alpha value is -4.38. The summed E-state index contributed by atoms with van der Waals surface area (Å²) >= 11 is 0. The van der Waals surface area contributed by atoms with Crippen LogP contribution in [0.3, 0.4) is 0 Å². The number of ether oxygens (including phenoxy) is 2. The number of pyridine rings is 1. The normalized spacial score (nSPS) is 9.87. The maximum Gasteiger partial charge on any atom is 0.286 e. The molecule has 1 amide bonds. The highest BCUT2D eigenvalue weighted by molar-refractivity contribution is 6.07. The lowest BCUT2D eigenvalue weighted by atomic mass is 10.1. The SMILES string of the molecule is CCOc1cc([N+](=O)[O-])c(C(=O)Nc2cccc(C#Cc3ccccn3)c2)cc1OC. The summed E-state index contributed by atoms with van der Waals surface area (Å²) in [6.45, 7) is 2.04. The number of rotatable bonds is 6. The van der Waals surface area contributed by atoms with Crippen molar-refractivity contribution in [2.24, 2.45) is 0 Å². The number of anilines is 1. The van der Waals surface area contributed by atoms with Crippen LogP contribution in [0.25, 0.3) is 0 Å². The summed E-state index contributed by atoms with van der Waals surface area (Å²) in [5.74, 6) is 5.69. The Bertz CT molecular complexity index is 1170. The zero-order valence-electron chi connectivity index (χ0n) is 16.9. The number of nitrogens with one attached hydrogen (secondary N) is 1. The van der Waals surface area contributed by atoms with E-state index in [-0.39, 0.29) is 22.7 Å². The van der Waals surface area contributed by atoms with Crippen molar-refractivity contribution in [3.8, 4) is 23.3 Å². The second kappa shape index (κ2) is 9.89. The van der Waals surface area contributed by atoms with Gasteiger partial charge in [-0.15, -0.1) is 0 Å². The van der Waals surface area contributed by atoms with Gasteiger partial charge in [-0.1, -0.05) is 18.1 Å². The summed E-state index contributed by atoms with van der Waals surface area (Å²) in [7, 11) is 1.40. The van der Waals surface area contributed by atoms with Crippen LogP contribution in [0, 0.1) is 22.0 Å². The molecule has 0 spiro atoms. The number of nitro groups is 1. The Morgan fingerprint density at radius 3 is 2.65 bits per heavy atom. The largest absolute Gasteiger partial charge is 0.493 e. The minimum Gasteiger partial charge on any atom is -0.493 e. The third-order valence-electron chi connectivity index (χ3n) is 4.14. The predicted molar refractivity (Wildman–Crippen MR) is 115 cm³/mol. The zero-order chi connectivity index (χ0) is 22.2. The molecule has 8 heteroatoms. The molecule has 0 aliphatic rings. The number of aromatic nitrogens is 1. The molecule has 156 valence electrons. The van der Waals surface area contributed by atoms with Crippen molar-refractivity contribution in [3.05, 3.63) is 87.7 Å². The lowest BCUT2D eigenvalue weighted by Gasteiger charge is -2.12. The number of carbonyl (C=O) groups excluding carboxylic acids is 1. The van der Waals surface area contributed by atoms with E-state index in [1.807, 2.05) is 6.07 Å². The molecule has 0 aliphatic carbocycles. The predicted octanol–water partition coefficient (Wildman–Crippen LogP) is 4.05. The van der Waals surface area contributed by atoms with Gasteiger partial charge in [-0.25, -0.2) is 4.98 Å². The molecule has 8 nitrogen and oxygen atoms in total. The summed E-state index contributed by atoms with van der Waals surface area (Å²) in [6, 6.07) is 14.8. The van der Waals surface area contributed by atoms with Crippen LogP contribution in [0.5, 0.6) is 11.5 Å². The minimum absolute atomic E-state index is 0.143. The van der Waals surface area contributed by atoms with Crippen LogP contribution in [0.2, 0.25) is 0 Å². The number of hydrogen-bond donors (Lipinski definition) is 1. The van der Waals surface area contributed by atoms with Gasteiger partial charge in [-0.2, -0.15) is 0 Å². The number of nitrogens with zero attached hydrogens (tertiary/aromatic N) is 2. The smallest absolute Gasteiger partial charge is 0.286 e. The molecule has 0 atom stereocenters. The van der Waals surface area contributed by atoms with Crippen molar-refractivity contribution in [2.45, 2.75) is 6.92 Å². The van der Waals surface area contributed by atoms with Gasteiger partial charge < -0.3 is 14.8 Å². The average molecular weight is 417 g/mol. The second-order valence-electron chi connectivity index (χ2n) is 6.21. The fourth-order valence-corrected chi connectivity index (χ4v) is 2.76. The quantitative estimate of drug-likeness (QED) is 0.369. The highest BCUT2D eigenvalue weighted by Gasteiger charge is 2.25. The summed E-state index contributed by atoms with van der Waals surface area (Å²) in [5, 5.41) is 14.2. The van der Waals surface area contributed by atoms with Crippen LogP contribution >= 0.6 is 0 Å². The Balaban J connectivity index is 1.88. The highest BCUT2D eigenvalue weighted by atomic mass is 16.6. The van der Waals surface area contributed by atoms with E-state index < -0.39 is 10.8 Å². The van der Waals surface area contributed by atoms with Crippen LogP contribution in [0.4, 0.5) is 11.4 Å². The maximum atomic E-state index is 12.8. The molecule has 31 heavy (non-hydrogen) atoms. The molecule has 2 aromatic carbocycles. The highest BCUT2D eigenvalue weighted by Crippen LogP contribution is 2.35. The number of methoxy groups -OCH3 is 1. The summed E-state index contributed by atoms with van der Waals surface area (Å²) < 4.78 is 10.6.